The van der Waals surface area contributed by atoms with Crippen LogP contribution in [0.2, 0.25) is 0 Å². The summed E-state index contributed by atoms with van der Waals surface area (Å²) >= 11 is 0. The van der Waals surface area contributed by atoms with Crippen molar-refractivity contribution in [2.75, 3.05) is 49.5 Å². The first-order valence-electron chi connectivity index (χ1n) is 10.9. The van der Waals surface area contributed by atoms with Gasteiger partial charge in [-0.05, 0) is 55.5 Å². The lowest BCUT2D eigenvalue weighted by Crippen LogP contribution is -2.46. The van der Waals surface area contributed by atoms with Gasteiger partial charge in [0.15, 0.2) is 0 Å². The molecular weight excluding hydrogens is 362 g/mol. The average molecular weight is 392 g/mol. The number of carbonyl (C=O) groups is 1. The van der Waals surface area contributed by atoms with Crippen molar-refractivity contribution in [3.63, 3.8) is 0 Å². The Kier molecular flexibility index (Phi) is 5.15. The summed E-state index contributed by atoms with van der Waals surface area (Å²) in [5.41, 5.74) is 3.55. The number of fused-ring (bicyclic) bond motifs is 3. The van der Waals surface area contributed by atoms with Gasteiger partial charge in [-0.15, -0.1) is 0 Å². The summed E-state index contributed by atoms with van der Waals surface area (Å²) < 4.78 is 5.94. The average Bonchev–Trinajstić information content (AvgIpc) is 3.56. The van der Waals surface area contributed by atoms with E-state index in [1.54, 1.807) is 0 Å². The second-order valence-electron chi connectivity index (χ2n) is 8.41. The van der Waals surface area contributed by atoms with Crippen molar-refractivity contribution in [2.45, 2.75) is 25.2 Å². The number of carbonyl (C=O) groups excluding carboxylic acids is 1. The molecule has 29 heavy (non-hydrogen) atoms. The Hall–Kier alpha value is -2.53. The minimum atomic E-state index is 0.173. The van der Waals surface area contributed by atoms with Crippen molar-refractivity contribution in [2.24, 2.45) is 5.92 Å². The summed E-state index contributed by atoms with van der Waals surface area (Å²) in [6.45, 7) is 6.31. The van der Waals surface area contributed by atoms with Crippen LogP contribution in [0.15, 0.2) is 48.5 Å². The van der Waals surface area contributed by atoms with Crippen LogP contribution in [0.3, 0.4) is 0 Å². The molecule has 5 nitrogen and oxygen atoms in total. The maximum Gasteiger partial charge on any atom is 0.228 e. The fraction of sp³-hybridized carbons (Fsp3) is 0.458. The van der Waals surface area contributed by atoms with Crippen LogP contribution in [-0.2, 0) is 4.79 Å². The fourth-order valence-electron chi connectivity index (χ4n) is 4.61. The highest BCUT2D eigenvalue weighted by Crippen LogP contribution is 2.53. The van der Waals surface area contributed by atoms with E-state index in [-0.39, 0.29) is 11.8 Å². The summed E-state index contributed by atoms with van der Waals surface area (Å²) in [6.07, 6.45) is 3.20. The molecule has 2 fully saturated rings. The number of piperazine rings is 1. The van der Waals surface area contributed by atoms with Crippen molar-refractivity contribution in [3.05, 3.63) is 54.1 Å². The van der Waals surface area contributed by atoms with Gasteiger partial charge in [0.25, 0.3) is 0 Å². The summed E-state index contributed by atoms with van der Waals surface area (Å²) in [5, 5.41) is 3.02. The molecular formula is C24H29N3O2. The summed E-state index contributed by atoms with van der Waals surface area (Å²) in [5.74, 6) is 1.69. The van der Waals surface area contributed by atoms with Crippen LogP contribution < -0.4 is 15.0 Å². The molecule has 2 aliphatic heterocycles. The molecule has 1 saturated carbocycles. The third-order valence-electron chi connectivity index (χ3n) is 6.44. The molecule has 2 aromatic rings. The van der Waals surface area contributed by atoms with E-state index < -0.39 is 0 Å². The number of amides is 1. The maximum absolute atomic E-state index is 11.9. The highest BCUT2D eigenvalue weighted by molar-refractivity contribution is 5.99. The first kappa shape index (κ1) is 18.5. The molecule has 2 heterocycles. The van der Waals surface area contributed by atoms with Gasteiger partial charge < -0.3 is 15.0 Å². The third-order valence-corrected chi connectivity index (χ3v) is 6.44. The topological polar surface area (TPSA) is 44.8 Å². The first-order chi connectivity index (χ1) is 14.3. The number of unbranched alkanes of at least 4 members (excludes halogenated alkanes) is 1. The molecule has 152 valence electrons. The van der Waals surface area contributed by atoms with Gasteiger partial charge in [-0.1, -0.05) is 24.3 Å². The summed E-state index contributed by atoms with van der Waals surface area (Å²) in [7, 11) is 0. The number of ether oxygens (including phenoxy) is 1. The number of anilines is 2. The van der Waals surface area contributed by atoms with Gasteiger partial charge >= 0.3 is 0 Å². The number of benzene rings is 2. The van der Waals surface area contributed by atoms with Crippen LogP contribution in [0, 0.1) is 5.92 Å². The molecule has 1 N–H and O–H groups in total. The molecule has 0 bridgehead atoms. The van der Waals surface area contributed by atoms with Crippen molar-refractivity contribution in [1.82, 2.24) is 4.90 Å². The van der Waals surface area contributed by atoms with E-state index in [1.165, 1.54) is 11.3 Å². The Morgan fingerprint density at radius 3 is 2.62 bits per heavy atom. The highest BCUT2D eigenvalue weighted by Gasteiger charge is 2.48. The van der Waals surface area contributed by atoms with Gasteiger partial charge in [0.05, 0.1) is 6.61 Å². The van der Waals surface area contributed by atoms with E-state index in [0.717, 1.165) is 70.0 Å². The standard InChI is InChI=1S/C24H29N3O2/c28-24-22-17-21(22)20-9-8-19(16-23(20)25-24)29-15-5-4-10-26-11-13-27(14-12-26)18-6-2-1-3-7-18/h1-3,6-9,16,21-22H,4-5,10-15,17H2,(H,25,28). The van der Waals surface area contributed by atoms with E-state index in [2.05, 4.69) is 57.6 Å². The van der Waals surface area contributed by atoms with Crippen molar-refractivity contribution < 1.29 is 9.53 Å². The molecule has 0 radical (unpaired) electrons. The molecule has 2 unspecified atom stereocenters. The molecule has 1 aliphatic carbocycles. The van der Waals surface area contributed by atoms with E-state index in [9.17, 15) is 4.79 Å². The minimum absolute atomic E-state index is 0.173. The summed E-state index contributed by atoms with van der Waals surface area (Å²) in [4.78, 5) is 16.9. The molecule has 2 aromatic carbocycles. The lowest BCUT2D eigenvalue weighted by Gasteiger charge is -2.36. The molecule has 1 saturated heterocycles. The van der Waals surface area contributed by atoms with Gasteiger partial charge in [0.1, 0.15) is 5.75 Å². The Morgan fingerprint density at radius 1 is 0.966 bits per heavy atom. The van der Waals surface area contributed by atoms with Crippen LogP contribution >= 0.6 is 0 Å². The quantitative estimate of drug-likeness (QED) is 0.731. The van der Waals surface area contributed by atoms with Crippen molar-refractivity contribution in [3.8, 4) is 5.75 Å². The number of para-hydroxylation sites is 1. The number of nitrogens with zero attached hydrogens (tertiary/aromatic N) is 2. The predicted octanol–water partition coefficient (Wildman–Crippen LogP) is 3.72. The van der Waals surface area contributed by atoms with Gasteiger partial charge in [0, 0.05) is 49.5 Å². The molecule has 1 amide bonds. The zero-order valence-electron chi connectivity index (χ0n) is 16.8. The van der Waals surface area contributed by atoms with Crippen LogP contribution in [-0.4, -0.2) is 50.1 Å². The molecule has 5 heteroatoms. The smallest absolute Gasteiger partial charge is 0.228 e. The molecule has 2 atom stereocenters. The van der Waals surface area contributed by atoms with Crippen LogP contribution in [0.5, 0.6) is 5.75 Å². The second-order valence-corrected chi connectivity index (χ2v) is 8.41. The Balaban J connectivity index is 1.01. The molecule has 0 aromatic heterocycles. The Labute approximate surface area is 172 Å². The number of hydrogen-bond acceptors (Lipinski definition) is 4. The molecule has 3 aliphatic rings. The van der Waals surface area contributed by atoms with Crippen LogP contribution in [0.4, 0.5) is 11.4 Å². The van der Waals surface area contributed by atoms with E-state index in [4.69, 9.17) is 4.74 Å². The van der Waals surface area contributed by atoms with E-state index in [1.807, 2.05) is 6.07 Å². The maximum atomic E-state index is 11.9. The monoisotopic (exact) mass is 391 g/mol. The van der Waals surface area contributed by atoms with Crippen molar-refractivity contribution in [1.29, 1.82) is 0 Å². The Morgan fingerprint density at radius 2 is 1.79 bits per heavy atom. The number of nitrogens with one attached hydrogen (secondary N) is 1. The highest BCUT2D eigenvalue weighted by atomic mass is 16.5. The Bertz CT molecular complexity index is 862. The lowest BCUT2D eigenvalue weighted by atomic mass is 10.0. The van der Waals surface area contributed by atoms with Crippen molar-refractivity contribution >= 4 is 17.3 Å². The van der Waals surface area contributed by atoms with Crippen LogP contribution in [0.1, 0.15) is 30.7 Å². The van der Waals surface area contributed by atoms with Gasteiger partial charge in [0.2, 0.25) is 5.91 Å². The van der Waals surface area contributed by atoms with E-state index >= 15 is 0 Å². The minimum Gasteiger partial charge on any atom is -0.494 e. The normalized spacial score (nSPS) is 23.2. The second kappa shape index (κ2) is 8.07. The molecule has 0 spiro atoms. The fourth-order valence-corrected chi connectivity index (χ4v) is 4.61. The SMILES string of the molecule is O=C1Nc2cc(OCCCCN3CCN(c4ccccc4)CC3)ccc2C2CC12. The van der Waals surface area contributed by atoms with Gasteiger partial charge in [-0.2, -0.15) is 0 Å². The zero-order chi connectivity index (χ0) is 19.6. The summed E-state index contributed by atoms with van der Waals surface area (Å²) in [6, 6.07) is 16.9. The van der Waals surface area contributed by atoms with Gasteiger partial charge in [-0.3, -0.25) is 9.69 Å². The zero-order valence-corrected chi connectivity index (χ0v) is 16.8. The van der Waals surface area contributed by atoms with Gasteiger partial charge in [-0.25, -0.2) is 0 Å². The third kappa shape index (κ3) is 4.10. The largest absolute Gasteiger partial charge is 0.494 e. The number of hydrogen-bond donors (Lipinski definition) is 1. The van der Waals surface area contributed by atoms with Crippen LogP contribution in [0.25, 0.3) is 0 Å². The molecule has 5 rings (SSSR count). The van der Waals surface area contributed by atoms with E-state index in [0.29, 0.717) is 5.92 Å². The number of rotatable bonds is 7. The first-order valence-corrected chi connectivity index (χ1v) is 10.9. The lowest BCUT2D eigenvalue weighted by molar-refractivity contribution is -0.117. The predicted molar refractivity (Wildman–Crippen MR) is 116 cm³/mol.